The first-order valence-corrected chi connectivity index (χ1v) is 6.30. The van der Waals surface area contributed by atoms with E-state index < -0.39 is 6.10 Å². The highest BCUT2D eigenvalue weighted by molar-refractivity contribution is 6.64. The van der Waals surface area contributed by atoms with Crippen molar-refractivity contribution in [1.29, 1.82) is 0 Å². The highest BCUT2D eigenvalue weighted by Gasteiger charge is 2.23. The summed E-state index contributed by atoms with van der Waals surface area (Å²) in [6.07, 6.45) is 6.00. The molecule has 0 aromatic rings. The zero-order valence-corrected chi connectivity index (χ0v) is 10.4. The molecule has 1 aliphatic carbocycles. The molecule has 0 aromatic carbocycles. The number of halogens is 1. The molecule has 1 rings (SSSR count). The zero-order valence-electron chi connectivity index (χ0n) is 9.67. The third kappa shape index (κ3) is 4.52. The molecule has 1 aliphatic rings. The first kappa shape index (κ1) is 13.0. The van der Waals surface area contributed by atoms with Crippen molar-refractivity contribution >= 4 is 16.8 Å². The number of ether oxygens (including phenoxy) is 1. The monoisotopic (exact) mass is 232 g/mol. The van der Waals surface area contributed by atoms with Gasteiger partial charge in [0, 0.05) is 0 Å². The maximum absolute atomic E-state index is 11.1. The predicted octanol–water partition coefficient (Wildman–Crippen LogP) is 3.37. The van der Waals surface area contributed by atoms with Gasteiger partial charge in [-0.05, 0) is 36.3 Å². The van der Waals surface area contributed by atoms with Crippen LogP contribution in [0.3, 0.4) is 0 Å². The van der Waals surface area contributed by atoms with E-state index in [0.29, 0.717) is 12.5 Å². The Morgan fingerprint density at radius 3 is 2.40 bits per heavy atom. The molecule has 2 nitrogen and oxygen atoms in total. The van der Waals surface area contributed by atoms with Gasteiger partial charge >= 0.3 is 0 Å². The molecule has 1 atom stereocenters. The van der Waals surface area contributed by atoms with Crippen LogP contribution < -0.4 is 0 Å². The number of hydrogen-bond donors (Lipinski definition) is 0. The smallest absolute Gasteiger partial charge is 0.250 e. The maximum atomic E-state index is 11.1. The molecule has 0 heterocycles. The van der Waals surface area contributed by atoms with Gasteiger partial charge in [-0.1, -0.05) is 33.1 Å². The van der Waals surface area contributed by atoms with Crippen LogP contribution >= 0.6 is 11.6 Å². The average Bonchev–Trinajstić information content (AvgIpc) is 2.18. The van der Waals surface area contributed by atoms with E-state index in [4.69, 9.17) is 16.3 Å². The summed E-state index contributed by atoms with van der Waals surface area (Å²) in [5.74, 6) is 0.801. The van der Waals surface area contributed by atoms with E-state index in [1.165, 1.54) is 32.1 Å². The summed E-state index contributed by atoms with van der Waals surface area (Å²) in [4.78, 5) is 11.1. The lowest BCUT2D eigenvalue weighted by Crippen LogP contribution is -2.29. The van der Waals surface area contributed by atoms with Gasteiger partial charge in [0.25, 0.3) is 5.24 Å². The van der Waals surface area contributed by atoms with Gasteiger partial charge in [-0.2, -0.15) is 0 Å². The Kier molecular flexibility index (Phi) is 5.62. The second-order valence-corrected chi connectivity index (χ2v) is 5.18. The Morgan fingerprint density at radius 2 is 1.93 bits per heavy atom. The predicted molar refractivity (Wildman–Crippen MR) is 62.0 cm³/mol. The Bertz CT molecular complexity index is 198. The molecule has 1 unspecified atom stereocenters. The summed E-state index contributed by atoms with van der Waals surface area (Å²) < 4.78 is 5.62. The summed E-state index contributed by atoms with van der Waals surface area (Å²) in [7, 11) is 0. The van der Waals surface area contributed by atoms with E-state index in [0.717, 1.165) is 0 Å². The largest absolute Gasteiger partial charge is 0.369 e. The first-order valence-electron chi connectivity index (χ1n) is 5.92. The third-order valence-electron chi connectivity index (χ3n) is 3.07. The molecular weight excluding hydrogens is 212 g/mol. The van der Waals surface area contributed by atoms with E-state index in [2.05, 4.69) is 0 Å². The Morgan fingerprint density at radius 1 is 1.33 bits per heavy atom. The molecule has 1 fully saturated rings. The highest BCUT2D eigenvalue weighted by atomic mass is 35.5. The number of carbonyl (C=O) groups is 1. The van der Waals surface area contributed by atoms with Crippen molar-refractivity contribution in [3.05, 3.63) is 0 Å². The van der Waals surface area contributed by atoms with Crippen molar-refractivity contribution in [3.8, 4) is 0 Å². The van der Waals surface area contributed by atoms with Crippen LogP contribution in [0.25, 0.3) is 0 Å². The normalized spacial score (nSPS) is 20.5. The molecule has 0 spiro atoms. The number of carbonyl (C=O) groups excluding carboxylic acids is 1. The fourth-order valence-corrected chi connectivity index (χ4v) is 2.43. The van der Waals surface area contributed by atoms with Crippen LogP contribution in [0.5, 0.6) is 0 Å². The van der Waals surface area contributed by atoms with Gasteiger partial charge in [-0.25, -0.2) is 0 Å². The van der Waals surface area contributed by atoms with Gasteiger partial charge < -0.3 is 4.74 Å². The molecule has 0 N–H and O–H groups in total. The first-order chi connectivity index (χ1) is 7.11. The molecule has 15 heavy (non-hydrogen) atoms. The minimum atomic E-state index is -0.423. The van der Waals surface area contributed by atoms with Crippen LogP contribution in [0.15, 0.2) is 0 Å². The van der Waals surface area contributed by atoms with E-state index in [-0.39, 0.29) is 11.2 Å². The van der Waals surface area contributed by atoms with Crippen molar-refractivity contribution in [2.45, 2.75) is 52.1 Å². The van der Waals surface area contributed by atoms with Crippen LogP contribution in [0.1, 0.15) is 46.0 Å². The van der Waals surface area contributed by atoms with Crippen LogP contribution in [-0.4, -0.2) is 18.0 Å². The molecule has 0 aromatic heterocycles. The van der Waals surface area contributed by atoms with E-state index >= 15 is 0 Å². The molecular formula is C12H21ClO2. The summed E-state index contributed by atoms with van der Waals surface area (Å²) in [6.45, 7) is 4.62. The van der Waals surface area contributed by atoms with E-state index in [1.807, 2.05) is 13.8 Å². The fourth-order valence-electron chi connectivity index (χ4n) is 2.11. The minimum Gasteiger partial charge on any atom is -0.369 e. The molecule has 0 saturated heterocycles. The molecule has 88 valence electrons. The standard InChI is InChI=1S/C12H21ClO2/c1-9(2)11(12(13)14)15-8-10-6-4-3-5-7-10/h9-11H,3-8H2,1-2H3. The lowest BCUT2D eigenvalue weighted by Gasteiger charge is -2.24. The summed E-state index contributed by atoms with van der Waals surface area (Å²) in [5, 5.41) is -0.360. The highest BCUT2D eigenvalue weighted by Crippen LogP contribution is 2.24. The van der Waals surface area contributed by atoms with Crippen LogP contribution in [0.4, 0.5) is 0 Å². The van der Waals surface area contributed by atoms with Crippen LogP contribution in [-0.2, 0) is 9.53 Å². The Hall–Kier alpha value is -0.0800. The quantitative estimate of drug-likeness (QED) is 0.680. The molecule has 0 radical (unpaired) electrons. The number of rotatable bonds is 5. The van der Waals surface area contributed by atoms with E-state index in [9.17, 15) is 4.79 Å². The van der Waals surface area contributed by atoms with Crippen molar-refractivity contribution < 1.29 is 9.53 Å². The minimum absolute atomic E-state index is 0.165. The lowest BCUT2D eigenvalue weighted by atomic mass is 9.90. The van der Waals surface area contributed by atoms with Crippen molar-refractivity contribution in [1.82, 2.24) is 0 Å². The molecule has 0 aliphatic heterocycles. The molecule has 1 saturated carbocycles. The van der Waals surface area contributed by atoms with Gasteiger partial charge in [0.15, 0.2) is 0 Å². The summed E-state index contributed by atoms with van der Waals surface area (Å²) in [6, 6.07) is 0. The van der Waals surface area contributed by atoms with Crippen molar-refractivity contribution in [2.24, 2.45) is 11.8 Å². The third-order valence-corrected chi connectivity index (χ3v) is 3.28. The van der Waals surface area contributed by atoms with Gasteiger partial charge in [-0.3, -0.25) is 4.79 Å². The number of hydrogen-bond acceptors (Lipinski definition) is 2. The topological polar surface area (TPSA) is 26.3 Å². The SMILES string of the molecule is CC(C)C(OCC1CCCCC1)C(=O)Cl. The van der Waals surface area contributed by atoms with Gasteiger partial charge in [0.2, 0.25) is 0 Å². The van der Waals surface area contributed by atoms with Crippen LogP contribution in [0, 0.1) is 11.8 Å². The summed E-state index contributed by atoms with van der Waals surface area (Å²) in [5.41, 5.74) is 0. The van der Waals surface area contributed by atoms with E-state index in [1.54, 1.807) is 0 Å². The Labute approximate surface area is 97.3 Å². The molecule has 0 bridgehead atoms. The molecule has 3 heteroatoms. The second kappa shape index (κ2) is 6.49. The van der Waals surface area contributed by atoms with Crippen LogP contribution in [0.2, 0.25) is 0 Å². The average molecular weight is 233 g/mol. The Balaban J connectivity index is 2.29. The maximum Gasteiger partial charge on any atom is 0.250 e. The fraction of sp³-hybridized carbons (Fsp3) is 0.917. The van der Waals surface area contributed by atoms with Gasteiger partial charge in [0.05, 0.1) is 6.61 Å². The molecule has 0 amide bonds. The van der Waals surface area contributed by atoms with Gasteiger partial charge in [0.1, 0.15) is 6.10 Å². The van der Waals surface area contributed by atoms with Crippen molar-refractivity contribution in [2.75, 3.05) is 6.61 Å². The zero-order chi connectivity index (χ0) is 11.3. The van der Waals surface area contributed by atoms with Crippen molar-refractivity contribution in [3.63, 3.8) is 0 Å². The van der Waals surface area contributed by atoms with Gasteiger partial charge in [-0.15, -0.1) is 0 Å². The summed E-state index contributed by atoms with van der Waals surface area (Å²) >= 11 is 5.49. The lowest BCUT2D eigenvalue weighted by molar-refractivity contribution is -0.126. The second-order valence-electron chi connectivity index (χ2n) is 4.81.